The number of hydrogen-bond donors (Lipinski definition) is 0. The highest BCUT2D eigenvalue weighted by molar-refractivity contribution is 5.77. The topological polar surface area (TPSA) is 52.6 Å². The maximum absolute atomic E-state index is 11.5. The molecular weight excluding hydrogens is 328 g/mol. The fraction of sp³-hybridized carbons (Fsp3) is 0.909. The van der Waals surface area contributed by atoms with E-state index in [0.29, 0.717) is 13.2 Å². The van der Waals surface area contributed by atoms with E-state index in [1.165, 1.54) is 64.2 Å². The first kappa shape index (κ1) is 24.9. The molecule has 0 fully saturated rings. The average Bonchev–Trinajstić information content (AvgIpc) is 2.64. The summed E-state index contributed by atoms with van der Waals surface area (Å²) in [5.74, 6) is -0.596. The second-order valence-electron chi connectivity index (χ2n) is 7.18. The second kappa shape index (κ2) is 20.3. The highest BCUT2D eigenvalue weighted by Crippen LogP contribution is 2.12. The number of carbonyl (C=O) groups is 2. The molecule has 0 aliphatic carbocycles. The van der Waals surface area contributed by atoms with Crippen molar-refractivity contribution in [1.29, 1.82) is 0 Å². The first-order valence-electron chi connectivity index (χ1n) is 11.0. The van der Waals surface area contributed by atoms with Gasteiger partial charge in [-0.2, -0.15) is 0 Å². The molecule has 154 valence electrons. The van der Waals surface area contributed by atoms with Crippen LogP contribution in [0.5, 0.6) is 0 Å². The highest BCUT2D eigenvalue weighted by atomic mass is 16.5. The molecule has 0 saturated heterocycles. The normalized spacial score (nSPS) is 10.7. The summed E-state index contributed by atoms with van der Waals surface area (Å²) in [7, 11) is 0. The lowest BCUT2D eigenvalue weighted by molar-refractivity contribution is -0.150. The number of rotatable bonds is 19. The first-order valence-corrected chi connectivity index (χ1v) is 11.0. The van der Waals surface area contributed by atoms with E-state index in [0.717, 1.165) is 25.7 Å². The van der Waals surface area contributed by atoms with Gasteiger partial charge in [0.15, 0.2) is 0 Å². The molecule has 0 bridgehead atoms. The van der Waals surface area contributed by atoms with E-state index in [1.807, 2.05) is 6.92 Å². The van der Waals surface area contributed by atoms with Gasteiger partial charge < -0.3 is 9.47 Å². The molecule has 4 nitrogen and oxygen atoms in total. The molecule has 0 N–H and O–H groups in total. The van der Waals surface area contributed by atoms with Crippen molar-refractivity contribution in [3.8, 4) is 0 Å². The molecule has 0 aliphatic rings. The quantitative estimate of drug-likeness (QED) is 0.196. The molecule has 0 saturated carbocycles. The minimum Gasteiger partial charge on any atom is -0.466 e. The van der Waals surface area contributed by atoms with Gasteiger partial charge in [-0.1, -0.05) is 90.9 Å². The smallest absolute Gasteiger partial charge is 0.306 e. The van der Waals surface area contributed by atoms with Crippen molar-refractivity contribution in [1.82, 2.24) is 0 Å². The fourth-order valence-electron chi connectivity index (χ4n) is 2.81. The maximum Gasteiger partial charge on any atom is 0.306 e. The second-order valence-corrected chi connectivity index (χ2v) is 7.18. The van der Waals surface area contributed by atoms with Crippen LogP contribution in [0.25, 0.3) is 0 Å². The minimum absolute atomic E-state index is 0.126. The predicted octanol–water partition coefficient (Wildman–Crippen LogP) is 6.35. The maximum atomic E-state index is 11.5. The lowest BCUT2D eigenvalue weighted by Gasteiger charge is -2.06. The first-order chi connectivity index (χ1) is 12.7. The van der Waals surface area contributed by atoms with Crippen molar-refractivity contribution in [2.24, 2.45) is 0 Å². The Balaban J connectivity index is 3.24. The van der Waals surface area contributed by atoms with Crippen LogP contribution in [0, 0.1) is 0 Å². The van der Waals surface area contributed by atoms with E-state index in [9.17, 15) is 9.59 Å². The van der Waals surface area contributed by atoms with Crippen LogP contribution in [0.2, 0.25) is 0 Å². The predicted molar refractivity (Wildman–Crippen MR) is 107 cm³/mol. The third-order valence-electron chi connectivity index (χ3n) is 4.56. The zero-order valence-corrected chi connectivity index (χ0v) is 17.4. The molecule has 0 spiro atoms. The van der Waals surface area contributed by atoms with Crippen LogP contribution < -0.4 is 0 Å². The van der Waals surface area contributed by atoms with Crippen molar-refractivity contribution in [2.75, 3.05) is 13.2 Å². The zero-order valence-electron chi connectivity index (χ0n) is 17.4. The molecule has 0 aliphatic heterocycles. The Hall–Kier alpha value is -1.06. The molecule has 0 heterocycles. The zero-order chi connectivity index (χ0) is 19.3. The van der Waals surface area contributed by atoms with Gasteiger partial charge in [-0.05, 0) is 12.8 Å². The Bertz CT molecular complexity index is 328. The van der Waals surface area contributed by atoms with Gasteiger partial charge in [0.1, 0.15) is 0 Å². The molecule has 0 unspecified atom stereocenters. The van der Waals surface area contributed by atoms with Gasteiger partial charge in [0, 0.05) is 0 Å². The van der Waals surface area contributed by atoms with Crippen LogP contribution >= 0.6 is 0 Å². The van der Waals surface area contributed by atoms with Crippen LogP contribution in [-0.2, 0) is 19.1 Å². The number of hydrogen-bond acceptors (Lipinski definition) is 4. The Morgan fingerprint density at radius 2 is 0.846 bits per heavy atom. The van der Waals surface area contributed by atoms with Crippen molar-refractivity contribution >= 4 is 11.9 Å². The number of unbranched alkanes of at least 4 members (excludes halogenated alkanes) is 12. The van der Waals surface area contributed by atoms with Crippen LogP contribution in [0.15, 0.2) is 0 Å². The summed E-state index contributed by atoms with van der Waals surface area (Å²) in [6, 6.07) is 0. The van der Waals surface area contributed by atoms with Crippen molar-refractivity contribution in [2.45, 2.75) is 117 Å². The average molecular weight is 371 g/mol. The molecule has 0 rings (SSSR count). The third kappa shape index (κ3) is 19.3. The van der Waals surface area contributed by atoms with E-state index in [1.54, 1.807) is 0 Å². The highest BCUT2D eigenvalue weighted by Gasteiger charge is 2.08. The molecule has 4 heteroatoms. The molecule has 0 aromatic carbocycles. The van der Waals surface area contributed by atoms with E-state index in [-0.39, 0.29) is 24.8 Å². The van der Waals surface area contributed by atoms with Crippen molar-refractivity contribution < 1.29 is 19.1 Å². The van der Waals surface area contributed by atoms with Crippen LogP contribution in [0.4, 0.5) is 0 Å². The van der Waals surface area contributed by atoms with Crippen LogP contribution in [0.3, 0.4) is 0 Å². The van der Waals surface area contributed by atoms with Gasteiger partial charge in [0.05, 0.1) is 26.1 Å². The molecule has 0 radical (unpaired) electrons. The summed E-state index contributed by atoms with van der Waals surface area (Å²) >= 11 is 0. The summed E-state index contributed by atoms with van der Waals surface area (Å²) in [5, 5.41) is 0. The SMILES string of the molecule is CCCCCCCCCCCCCCOC(=O)CCC(=O)OCCCC. The Morgan fingerprint density at radius 1 is 0.500 bits per heavy atom. The van der Waals surface area contributed by atoms with Gasteiger partial charge in [0.25, 0.3) is 0 Å². The van der Waals surface area contributed by atoms with Gasteiger partial charge >= 0.3 is 11.9 Å². The Morgan fingerprint density at radius 3 is 1.27 bits per heavy atom. The lowest BCUT2D eigenvalue weighted by atomic mass is 10.1. The summed E-state index contributed by atoms with van der Waals surface area (Å²) in [6.07, 6.45) is 17.6. The summed E-state index contributed by atoms with van der Waals surface area (Å²) in [4.78, 5) is 22.9. The third-order valence-corrected chi connectivity index (χ3v) is 4.56. The molecule has 26 heavy (non-hydrogen) atoms. The molecule has 0 atom stereocenters. The summed E-state index contributed by atoms with van der Waals surface area (Å²) in [5.41, 5.74) is 0. The van der Waals surface area contributed by atoms with E-state index < -0.39 is 0 Å². The molecule has 0 aromatic rings. The number of ether oxygens (including phenoxy) is 2. The summed E-state index contributed by atoms with van der Waals surface area (Å²) < 4.78 is 10.2. The molecular formula is C22H42O4. The van der Waals surface area contributed by atoms with Gasteiger partial charge in [-0.25, -0.2) is 0 Å². The van der Waals surface area contributed by atoms with Gasteiger partial charge in [-0.3, -0.25) is 9.59 Å². The van der Waals surface area contributed by atoms with Gasteiger partial charge in [0.2, 0.25) is 0 Å². The van der Waals surface area contributed by atoms with Crippen LogP contribution in [-0.4, -0.2) is 25.2 Å². The molecule has 0 amide bonds. The van der Waals surface area contributed by atoms with E-state index in [4.69, 9.17) is 9.47 Å². The fourth-order valence-corrected chi connectivity index (χ4v) is 2.81. The van der Waals surface area contributed by atoms with Crippen LogP contribution in [0.1, 0.15) is 117 Å². The van der Waals surface area contributed by atoms with Crippen molar-refractivity contribution in [3.05, 3.63) is 0 Å². The Labute approximate surface area is 161 Å². The van der Waals surface area contributed by atoms with Gasteiger partial charge in [-0.15, -0.1) is 0 Å². The van der Waals surface area contributed by atoms with E-state index in [2.05, 4.69) is 6.92 Å². The molecule has 0 aromatic heterocycles. The standard InChI is InChI=1S/C22H42O4/c1-3-5-7-8-9-10-11-12-13-14-15-16-20-26-22(24)18-17-21(23)25-19-6-4-2/h3-20H2,1-2H3. The monoisotopic (exact) mass is 370 g/mol. The lowest BCUT2D eigenvalue weighted by Crippen LogP contribution is -2.11. The Kier molecular flexibility index (Phi) is 19.4. The largest absolute Gasteiger partial charge is 0.466 e. The van der Waals surface area contributed by atoms with E-state index >= 15 is 0 Å². The minimum atomic E-state index is -0.305. The van der Waals surface area contributed by atoms with Crippen molar-refractivity contribution in [3.63, 3.8) is 0 Å². The number of carbonyl (C=O) groups excluding carboxylic acids is 2. The summed E-state index contributed by atoms with van der Waals surface area (Å²) in [6.45, 7) is 5.22. The number of esters is 2.